The van der Waals surface area contributed by atoms with E-state index in [1.807, 2.05) is 0 Å². The molecule has 1 amide bonds. The summed E-state index contributed by atoms with van der Waals surface area (Å²) in [6.45, 7) is 1.25. The molecule has 2 rings (SSSR count). The molecule has 2 saturated heterocycles. The second-order valence-electron chi connectivity index (χ2n) is 3.74. The van der Waals surface area contributed by atoms with Crippen molar-refractivity contribution in [2.24, 2.45) is 0 Å². The van der Waals surface area contributed by atoms with Crippen LogP contribution in [0.2, 0.25) is 0 Å². The fourth-order valence-electron chi connectivity index (χ4n) is 1.75. The van der Waals surface area contributed by atoms with E-state index in [2.05, 4.69) is 0 Å². The van der Waals surface area contributed by atoms with Crippen LogP contribution < -0.4 is 0 Å². The molecule has 0 spiro atoms. The highest BCUT2D eigenvalue weighted by molar-refractivity contribution is 5.75. The van der Waals surface area contributed by atoms with Crippen molar-refractivity contribution in [1.82, 2.24) is 5.06 Å². The maximum absolute atomic E-state index is 11.6. The van der Waals surface area contributed by atoms with Crippen LogP contribution in [0.15, 0.2) is 0 Å². The SMILES string of the molecule is O=C(CC1CCCO1)N1CC(O)CO1. The number of aliphatic hydroxyl groups excluding tert-OH is 1. The van der Waals surface area contributed by atoms with Gasteiger partial charge in [-0.05, 0) is 12.8 Å². The zero-order valence-corrected chi connectivity index (χ0v) is 8.02. The van der Waals surface area contributed by atoms with Crippen LogP contribution in [0.5, 0.6) is 0 Å². The lowest BCUT2D eigenvalue weighted by Crippen LogP contribution is -2.31. The molecule has 2 aliphatic rings. The molecule has 0 aromatic heterocycles. The molecule has 5 heteroatoms. The summed E-state index contributed by atoms with van der Waals surface area (Å²) < 4.78 is 5.34. The number of hydrogen-bond acceptors (Lipinski definition) is 4. The van der Waals surface area contributed by atoms with E-state index in [-0.39, 0.29) is 25.2 Å². The minimum absolute atomic E-state index is 0.0452. The number of β-amino-alcohol motifs (C(OH)–C–C–N with tert-alkyl or cyclic N) is 1. The first-order valence-corrected chi connectivity index (χ1v) is 4.98. The third-order valence-electron chi connectivity index (χ3n) is 2.50. The Morgan fingerprint density at radius 1 is 1.57 bits per heavy atom. The van der Waals surface area contributed by atoms with Gasteiger partial charge in [0, 0.05) is 6.61 Å². The maximum atomic E-state index is 11.6. The predicted molar refractivity (Wildman–Crippen MR) is 47.3 cm³/mol. The molecule has 2 atom stereocenters. The van der Waals surface area contributed by atoms with Crippen LogP contribution in [0.3, 0.4) is 0 Å². The molecule has 2 aliphatic heterocycles. The van der Waals surface area contributed by atoms with Gasteiger partial charge in [-0.15, -0.1) is 0 Å². The summed E-state index contributed by atoms with van der Waals surface area (Å²) in [5, 5.41) is 10.4. The van der Waals surface area contributed by atoms with Gasteiger partial charge in [-0.2, -0.15) is 0 Å². The topological polar surface area (TPSA) is 59.0 Å². The fraction of sp³-hybridized carbons (Fsp3) is 0.889. The molecule has 1 N–H and O–H groups in total. The lowest BCUT2D eigenvalue weighted by atomic mass is 10.2. The third kappa shape index (κ3) is 2.23. The Hall–Kier alpha value is -0.650. The van der Waals surface area contributed by atoms with Crippen molar-refractivity contribution in [3.63, 3.8) is 0 Å². The molecule has 0 radical (unpaired) electrons. The smallest absolute Gasteiger partial charge is 0.248 e. The van der Waals surface area contributed by atoms with Crippen LogP contribution in [0.1, 0.15) is 19.3 Å². The van der Waals surface area contributed by atoms with Crippen molar-refractivity contribution in [2.45, 2.75) is 31.5 Å². The van der Waals surface area contributed by atoms with Gasteiger partial charge in [0.1, 0.15) is 6.61 Å². The number of aliphatic hydroxyl groups is 1. The molecule has 0 bridgehead atoms. The molecule has 5 nitrogen and oxygen atoms in total. The third-order valence-corrected chi connectivity index (χ3v) is 2.50. The molecule has 2 unspecified atom stereocenters. The molecule has 2 fully saturated rings. The van der Waals surface area contributed by atoms with E-state index in [1.165, 1.54) is 5.06 Å². The summed E-state index contributed by atoms with van der Waals surface area (Å²) in [6, 6.07) is 0. The first kappa shape index (κ1) is 9.89. The van der Waals surface area contributed by atoms with Crippen molar-refractivity contribution in [2.75, 3.05) is 19.8 Å². The summed E-state index contributed by atoms with van der Waals surface area (Å²) >= 11 is 0. The van der Waals surface area contributed by atoms with E-state index in [4.69, 9.17) is 14.7 Å². The summed E-state index contributed by atoms with van der Waals surface area (Å²) in [4.78, 5) is 16.6. The van der Waals surface area contributed by atoms with E-state index in [0.29, 0.717) is 6.42 Å². The number of hydrogen-bond donors (Lipinski definition) is 1. The van der Waals surface area contributed by atoms with Crippen LogP contribution in [-0.2, 0) is 14.4 Å². The predicted octanol–water partition coefficient (Wildman–Crippen LogP) is -0.310. The summed E-state index contributed by atoms with van der Waals surface area (Å²) in [7, 11) is 0. The normalized spacial score (nSPS) is 32.5. The number of ether oxygens (including phenoxy) is 1. The van der Waals surface area contributed by atoms with Crippen LogP contribution >= 0.6 is 0 Å². The van der Waals surface area contributed by atoms with E-state index in [9.17, 15) is 4.79 Å². The lowest BCUT2D eigenvalue weighted by Gasteiger charge is -2.16. The van der Waals surface area contributed by atoms with Crippen molar-refractivity contribution in [3.05, 3.63) is 0 Å². The van der Waals surface area contributed by atoms with Crippen LogP contribution in [0, 0.1) is 0 Å². The Labute approximate surface area is 82.5 Å². The van der Waals surface area contributed by atoms with E-state index in [1.54, 1.807) is 0 Å². The average molecular weight is 201 g/mol. The number of carbonyl (C=O) groups is 1. The number of carbonyl (C=O) groups excluding carboxylic acids is 1. The number of hydroxylamine groups is 2. The molecular weight excluding hydrogens is 186 g/mol. The van der Waals surface area contributed by atoms with Crippen molar-refractivity contribution >= 4 is 5.91 Å². The second-order valence-corrected chi connectivity index (χ2v) is 3.74. The maximum Gasteiger partial charge on any atom is 0.248 e. The zero-order chi connectivity index (χ0) is 9.97. The van der Waals surface area contributed by atoms with Crippen molar-refractivity contribution < 1.29 is 19.5 Å². The van der Waals surface area contributed by atoms with Gasteiger partial charge in [0.2, 0.25) is 5.91 Å². The van der Waals surface area contributed by atoms with Crippen LogP contribution in [0.4, 0.5) is 0 Å². The molecule has 0 saturated carbocycles. The molecule has 0 aromatic carbocycles. The Kier molecular flexibility index (Phi) is 3.00. The largest absolute Gasteiger partial charge is 0.389 e. The quantitative estimate of drug-likeness (QED) is 0.665. The van der Waals surface area contributed by atoms with Crippen LogP contribution in [0.25, 0.3) is 0 Å². The highest BCUT2D eigenvalue weighted by atomic mass is 16.7. The van der Waals surface area contributed by atoms with Gasteiger partial charge in [0.25, 0.3) is 0 Å². The summed E-state index contributed by atoms with van der Waals surface area (Å²) in [6.07, 6.45) is 1.85. The van der Waals surface area contributed by atoms with Crippen molar-refractivity contribution in [3.8, 4) is 0 Å². The van der Waals surface area contributed by atoms with Crippen LogP contribution in [-0.4, -0.2) is 48.0 Å². The molecule has 80 valence electrons. The number of amides is 1. The standard InChI is InChI=1S/C9H15NO4/c11-7-5-10(14-6-7)9(12)4-8-2-1-3-13-8/h7-8,11H,1-6H2. The van der Waals surface area contributed by atoms with Gasteiger partial charge < -0.3 is 9.84 Å². The van der Waals surface area contributed by atoms with E-state index in [0.717, 1.165) is 19.4 Å². The van der Waals surface area contributed by atoms with Gasteiger partial charge in [-0.3, -0.25) is 9.63 Å². The highest BCUT2D eigenvalue weighted by Crippen LogP contribution is 2.17. The van der Waals surface area contributed by atoms with Crippen molar-refractivity contribution in [1.29, 1.82) is 0 Å². The zero-order valence-electron chi connectivity index (χ0n) is 8.02. The Morgan fingerprint density at radius 3 is 3.00 bits per heavy atom. The number of rotatable bonds is 2. The molecule has 2 heterocycles. The van der Waals surface area contributed by atoms with Gasteiger partial charge >= 0.3 is 0 Å². The molecule has 0 aliphatic carbocycles. The summed E-state index contributed by atoms with van der Waals surface area (Å²) in [5.74, 6) is -0.0894. The Morgan fingerprint density at radius 2 is 2.43 bits per heavy atom. The average Bonchev–Trinajstić information content (AvgIpc) is 2.75. The Balaban J connectivity index is 1.77. The lowest BCUT2D eigenvalue weighted by molar-refractivity contribution is -0.170. The minimum atomic E-state index is -0.538. The molecule has 0 aromatic rings. The monoisotopic (exact) mass is 201 g/mol. The van der Waals surface area contributed by atoms with Gasteiger partial charge in [0.05, 0.1) is 25.2 Å². The van der Waals surface area contributed by atoms with E-state index >= 15 is 0 Å². The minimum Gasteiger partial charge on any atom is -0.389 e. The van der Waals surface area contributed by atoms with E-state index < -0.39 is 6.10 Å². The first-order valence-electron chi connectivity index (χ1n) is 4.98. The number of nitrogens with zero attached hydrogens (tertiary/aromatic N) is 1. The van der Waals surface area contributed by atoms with Gasteiger partial charge in [0.15, 0.2) is 0 Å². The second kappa shape index (κ2) is 4.25. The molecular formula is C9H15NO4. The Bertz CT molecular complexity index is 215. The highest BCUT2D eigenvalue weighted by Gasteiger charge is 2.29. The fourth-order valence-corrected chi connectivity index (χ4v) is 1.75. The van der Waals surface area contributed by atoms with Gasteiger partial charge in [-0.25, -0.2) is 5.06 Å². The van der Waals surface area contributed by atoms with Gasteiger partial charge in [-0.1, -0.05) is 0 Å². The molecule has 14 heavy (non-hydrogen) atoms. The first-order chi connectivity index (χ1) is 6.75. The summed E-state index contributed by atoms with van der Waals surface area (Å²) in [5.41, 5.74) is 0.